The maximum Gasteiger partial charge on any atom is 0.252 e. The van der Waals surface area contributed by atoms with E-state index in [1.54, 1.807) is 6.07 Å². The molecule has 0 fully saturated rings. The number of hydrogen-bond acceptors (Lipinski definition) is 5. The van der Waals surface area contributed by atoms with Gasteiger partial charge in [0.1, 0.15) is 4.21 Å². The lowest BCUT2D eigenvalue weighted by atomic mass is 10.5. The first kappa shape index (κ1) is 14.1. The van der Waals surface area contributed by atoms with Crippen molar-refractivity contribution in [1.29, 1.82) is 0 Å². The van der Waals surface area contributed by atoms with Crippen LogP contribution >= 0.6 is 11.3 Å². The Hall–Kier alpha value is -0.960. The number of carbonyl (C=O) groups is 1. The Morgan fingerprint density at radius 3 is 2.65 bits per heavy atom. The summed E-state index contributed by atoms with van der Waals surface area (Å²) in [5.41, 5.74) is 5.42. The summed E-state index contributed by atoms with van der Waals surface area (Å²) in [7, 11) is -0.772. The molecule has 0 atom stereocenters. The molecule has 0 radical (unpaired) electrons. The number of nitrogens with one attached hydrogen (secondary N) is 1. The maximum absolute atomic E-state index is 12.0. The van der Waals surface area contributed by atoms with Crippen molar-refractivity contribution in [1.82, 2.24) is 9.62 Å². The van der Waals surface area contributed by atoms with E-state index in [0.29, 0.717) is 6.54 Å². The normalized spacial score (nSPS) is 11.8. The van der Waals surface area contributed by atoms with Crippen molar-refractivity contribution in [3.05, 3.63) is 17.0 Å². The average molecular weight is 277 g/mol. The summed E-state index contributed by atoms with van der Waals surface area (Å²) in [6.45, 7) is 0.105. The Balaban J connectivity index is 2.90. The Kier molecular flexibility index (Phi) is 4.63. The van der Waals surface area contributed by atoms with Crippen LogP contribution in [0.25, 0.3) is 0 Å². The Bertz CT molecular complexity index is 495. The molecular weight excluding hydrogens is 262 g/mol. The first-order valence-electron chi connectivity index (χ1n) is 4.87. The molecule has 96 valence electrons. The highest BCUT2D eigenvalue weighted by Crippen LogP contribution is 2.23. The van der Waals surface area contributed by atoms with E-state index in [4.69, 9.17) is 5.73 Å². The second kappa shape index (κ2) is 5.58. The second-order valence-electron chi connectivity index (χ2n) is 3.36. The van der Waals surface area contributed by atoms with Gasteiger partial charge in [-0.25, -0.2) is 8.42 Å². The first-order chi connectivity index (χ1) is 7.91. The van der Waals surface area contributed by atoms with Gasteiger partial charge >= 0.3 is 0 Å². The van der Waals surface area contributed by atoms with Crippen molar-refractivity contribution < 1.29 is 13.2 Å². The Morgan fingerprint density at radius 1 is 1.53 bits per heavy atom. The predicted octanol–water partition coefficient (Wildman–Crippen LogP) is -0.427. The van der Waals surface area contributed by atoms with Crippen LogP contribution in [0.4, 0.5) is 0 Å². The van der Waals surface area contributed by atoms with Crippen LogP contribution in [0, 0.1) is 0 Å². The summed E-state index contributed by atoms with van der Waals surface area (Å²) in [4.78, 5) is 11.9. The minimum Gasteiger partial charge on any atom is -0.358 e. The minimum absolute atomic E-state index is 0.198. The highest BCUT2D eigenvalue weighted by atomic mass is 32.2. The molecule has 1 heterocycles. The Labute approximate surface area is 104 Å². The van der Waals surface area contributed by atoms with Crippen LogP contribution in [-0.4, -0.2) is 39.3 Å². The third-order valence-electron chi connectivity index (χ3n) is 2.15. The van der Waals surface area contributed by atoms with Gasteiger partial charge in [0.05, 0.1) is 6.54 Å². The number of nitrogens with zero attached hydrogens (tertiary/aromatic N) is 1. The fraction of sp³-hybridized carbons (Fsp3) is 0.444. The molecule has 0 aliphatic carbocycles. The third-order valence-corrected chi connectivity index (χ3v) is 5.53. The lowest BCUT2D eigenvalue weighted by Gasteiger charge is -2.14. The largest absolute Gasteiger partial charge is 0.358 e. The fourth-order valence-electron chi connectivity index (χ4n) is 1.13. The molecule has 0 saturated carbocycles. The van der Waals surface area contributed by atoms with Gasteiger partial charge in [-0.15, -0.1) is 11.3 Å². The van der Waals surface area contributed by atoms with Crippen molar-refractivity contribution in [2.45, 2.75) is 10.8 Å². The molecular formula is C9H15N3O3S2. The SMILES string of the molecule is CNC(=O)CN(C)S(=O)(=O)c1ccc(CN)s1. The number of hydrogen-bond donors (Lipinski definition) is 2. The number of amides is 1. The van der Waals surface area contributed by atoms with Crippen LogP contribution in [0.3, 0.4) is 0 Å². The molecule has 1 amide bonds. The number of sulfonamides is 1. The fourth-order valence-corrected chi connectivity index (χ4v) is 3.70. The molecule has 3 N–H and O–H groups in total. The van der Waals surface area contributed by atoms with Gasteiger partial charge in [0.2, 0.25) is 5.91 Å². The van der Waals surface area contributed by atoms with E-state index in [9.17, 15) is 13.2 Å². The topological polar surface area (TPSA) is 92.5 Å². The quantitative estimate of drug-likeness (QED) is 0.764. The molecule has 0 spiro atoms. The molecule has 1 aromatic heterocycles. The maximum atomic E-state index is 12.0. The molecule has 0 unspecified atom stereocenters. The van der Waals surface area contributed by atoms with Gasteiger partial charge in [0.15, 0.2) is 0 Å². The zero-order valence-electron chi connectivity index (χ0n) is 9.63. The van der Waals surface area contributed by atoms with Gasteiger partial charge in [0.25, 0.3) is 10.0 Å². The molecule has 0 aliphatic heterocycles. The molecule has 0 aliphatic rings. The summed E-state index contributed by atoms with van der Waals surface area (Å²) in [5.74, 6) is -0.355. The number of likely N-dealkylation sites (N-methyl/N-ethyl adjacent to an activating group) is 2. The summed E-state index contributed by atoms with van der Waals surface area (Å²) >= 11 is 1.12. The number of carbonyl (C=O) groups excluding carboxylic acids is 1. The molecule has 0 aromatic carbocycles. The molecule has 17 heavy (non-hydrogen) atoms. The molecule has 1 rings (SSSR count). The lowest BCUT2D eigenvalue weighted by Crippen LogP contribution is -2.36. The van der Waals surface area contributed by atoms with Crippen LogP contribution < -0.4 is 11.1 Å². The van der Waals surface area contributed by atoms with Crippen molar-refractivity contribution in [3.63, 3.8) is 0 Å². The smallest absolute Gasteiger partial charge is 0.252 e. The standard InChI is InChI=1S/C9H15N3O3S2/c1-11-8(13)6-12(2)17(14,15)9-4-3-7(5-10)16-9/h3-4H,5-6,10H2,1-2H3,(H,11,13). The van der Waals surface area contributed by atoms with Crippen molar-refractivity contribution in [2.75, 3.05) is 20.6 Å². The van der Waals surface area contributed by atoms with E-state index in [-0.39, 0.29) is 16.7 Å². The highest BCUT2D eigenvalue weighted by Gasteiger charge is 2.24. The Morgan fingerprint density at radius 2 is 2.18 bits per heavy atom. The van der Waals surface area contributed by atoms with Crippen molar-refractivity contribution in [2.24, 2.45) is 5.73 Å². The second-order valence-corrected chi connectivity index (χ2v) is 6.80. The van der Waals surface area contributed by atoms with Crippen LogP contribution in [0.5, 0.6) is 0 Å². The summed E-state index contributed by atoms with van der Waals surface area (Å²) in [6.07, 6.45) is 0. The summed E-state index contributed by atoms with van der Waals surface area (Å²) in [6, 6.07) is 3.17. The molecule has 6 nitrogen and oxygen atoms in total. The predicted molar refractivity (Wildman–Crippen MR) is 66.1 cm³/mol. The third kappa shape index (κ3) is 3.25. The average Bonchev–Trinajstić information content (AvgIpc) is 2.77. The zero-order chi connectivity index (χ0) is 13.1. The van der Waals surface area contributed by atoms with Gasteiger partial charge in [-0.3, -0.25) is 4.79 Å². The molecule has 0 saturated heterocycles. The zero-order valence-corrected chi connectivity index (χ0v) is 11.3. The monoisotopic (exact) mass is 277 g/mol. The van der Waals surface area contributed by atoms with Crippen LogP contribution in [0.1, 0.15) is 4.88 Å². The lowest BCUT2D eigenvalue weighted by molar-refractivity contribution is -0.120. The van der Waals surface area contributed by atoms with Crippen molar-refractivity contribution in [3.8, 4) is 0 Å². The van der Waals surface area contributed by atoms with E-state index >= 15 is 0 Å². The van der Waals surface area contributed by atoms with E-state index < -0.39 is 10.0 Å². The molecule has 8 heteroatoms. The van der Waals surface area contributed by atoms with E-state index in [1.807, 2.05) is 0 Å². The van der Waals surface area contributed by atoms with Gasteiger partial charge in [0, 0.05) is 25.5 Å². The van der Waals surface area contributed by atoms with Gasteiger partial charge in [-0.2, -0.15) is 4.31 Å². The van der Waals surface area contributed by atoms with Gasteiger partial charge in [-0.05, 0) is 12.1 Å². The molecule has 0 bridgehead atoms. The molecule has 1 aromatic rings. The van der Waals surface area contributed by atoms with E-state index in [0.717, 1.165) is 20.5 Å². The van der Waals surface area contributed by atoms with Crippen LogP contribution in [0.15, 0.2) is 16.3 Å². The minimum atomic E-state index is -3.60. The summed E-state index contributed by atoms with van der Waals surface area (Å²) in [5, 5.41) is 2.37. The number of thiophene rings is 1. The van der Waals surface area contributed by atoms with E-state index in [1.165, 1.54) is 20.2 Å². The highest BCUT2D eigenvalue weighted by molar-refractivity contribution is 7.91. The van der Waals surface area contributed by atoms with Crippen LogP contribution in [-0.2, 0) is 21.4 Å². The van der Waals surface area contributed by atoms with Gasteiger partial charge < -0.3 is 11.1 Å². The van der Waals surface area contributed by atoms with E-state index in [2.05, 4.69) is 5.32 Å². The van der Waals surface area contributed by atoms with Gasteiger partial charge in [-0.1, -0.05) is 0 Å². The number of rotatable bonds is 5. The summed E-state index contributed by atoms with van der Waals surface area (Å²) < 4.78 is 25.3. The number of nitrogens with two attached hydrogens (primary N) is 1. The first-order valence-corrected chi connectivity index (χ1v) is 7.13. The van der Waals surface area contributed by atoms with Crippen molar-refractivity contribution >= 4 is 27.3 Å². The van der Waals surface area contributed by atoms with Crippen LogP contribution in [0.2, 0.25) is 0 Å².